The third kappa shape index (κ3) is 1.63. The van der Waals surface area contributed by atoms with Crippen molar-refractivity contribution in [3.05, 3.63) is 0 Å². The Kier molecular flexibility index (Phi) is 2.79. The maximum Gasteiger partial charge on any atom is 0.325 e. The number of rotatable bonds is 1. The molecule has 0 aromatic heterocycles. The van der Waals surface area contributed by atoms with Gasteiger partial charge in [0, 0.05) is 26.1 Å². The van der Waals surface area contributed by atoms with E-state index < -0.39 is 11.6 Å². The first kappa shape index (κ1) is 11.9. The van der Waals surface area contributed by atoms with Gasteiger partial charge in [0.15, 0.2) is 0 Å². The molecule has 3 fully saturated rings. The van der Waals surface area contributed by atoms with Gasteiger partial charge in [-0.1, -0.05) is 0 Å². The number of nitrogens with zero attached hydrogens (tertiary/aromatic N) is 1. The minimum atomic E-state index is -0.780. The number of aliphatic hydroxyl groups is 1. The van der Waals surface area contributed by atoms with Crippen molar-refractivity contribution in [1.82, 2.24) is 10.2 Å². The van der Waals surface area contributed by atoms with Crippen LogP contribution < -0.4 is 5.32 Å². The summed E-state index contributed by atoms with van der Waals surface area (Å²) in [5.41, 5.74) is -0.780. The third-order valence-corrected chi connectivity index (χ3v) is 4.32. The molecule has 0 radical (unpaired) electrons. The Morgan fingerprint density at radius 1 is 1.28 bits per heavy atom. The normalized spacial score (nSPS) is 35.3. The number of carbonyl (C=O) groups is 2. The molecule has 100 valence electrons. The van der Waals surface area contributed by atoms with Crippen LogP contribution in [0.3, 0.4) is 0 Å². The van der Waals surface area contributed by atoms with Crippen LogP contribution in [0.25, 0.3) is 0 Å². The molecule has 0 aromatic rings. The van der Waals surface area contributed by atoms with Gasteiger partial charge in [0.2, 0.25) is 0 Å². The lowest BCUT2D eigenvalue weighted by molar-refractivity contribution is -0.137. The maximum absolute atomic E-state index is 12.5. The first-order valence-electron chi connectivity index (χ1n) is 6.56. The molecule has 0 unspecified atom stereocenters. The number of nitrogens with one attached hydrogen (secondary N) is 1. The van der Waals surface area contributed by atoms with Gasteiger partial charge in [0.05, 0.1) is 12.1 Å². The number of imide groups is 1. The lowest BCUT2D eigenvalue weighted by Gasteiger charge is -2.31. The summed E-state index contributed by atoms with van der Waals surface area (Å²) in [5, 5.41) is 12.7. The summed E-state index contributed by atoms with van der Waals surface area (Å²) in [5.74, 6) is -0.179. The third-order valence-electron chi connectivity index (χ3n) is 4.32. The summed E-state index contributed by atoms with van der Waals surface area (Å²) in [6, 6.07) is -0.701. The highest BCUT2D eigenvalue weighted by atomic mass is 16.5. The van der Waals surface area contributed by atoms with Crippen molar-refractivity contribution in [2.24, 2.45) is 0 Å². The summed E-state index contributed by atoms with van der Waals surface area (Å²) in [4.78, 5) is 25.8. The molecule has 3 amide bonds. The van der Waals surface area contributed by atoms with Crippen LogP contribution >= 0.6 is 0 Å². The molecule has 1 aliphatic carbocycles. The van der Waals surface area contributed by atoms with Crippen molar-refractivity contribution in [2.45, 2.75) is 49.8 Å². The molecular weight excluding hydrogens is 236 g/mol. The Morgan fingerprint density at radius 3 is 2.61 bits per heavy atom. The molecule has 2 N–H and O–H groups in total. The van der Waals surface area contributed by atoms with Gasteiger partial charge in [0.1, 0.15) is 5.54 Å². The molecule has 0 aromatic carbocycles. The van der Waals surface area contributed by atoms with Crippen LogP contribution in [0, 0.1) is 0 Å². The monoisotopic (exact) mass is 254 g/mol. The summed E-state index contributed by atoms with van der Waals surface area (Å²) in [7, 11) is 0. The number of carbonyl (C=O) groups excluding carboxylic acids is 2. The molecular formula is C12H18N2O4. The molecule has 1 saturated carbocycles. The van der Waals surface area contributed by atoms with Gasteiger partial charge in [-0.05, 0) is 19.3 Å². The minimum Gasteiger partial charge on any atom is -0.391 e. The first-order valence-corrected chi connectivity index (χ1v) is 6.56. The van der Waals surface area contributed by atoms with Gasteiger partial charge in [-0.25, -0.2) is 4.79 Å². The van der Waals surface area contributed by atoms with Gasteiger partial charge in [-0.15, -0.1) is 0 Å². The molecule has 2 heterocycles. The highest BCUT2D eigenvalue weighted by Crippen LogP contribution is 2.33. The molecule has 2 aliphatic heterocycles. The van der Waals surface area contributed by atoms with E-state index in [4.69, 9.17) is 4.74 Å². The highest BCUT2D eigenvalue weighted by molar-refractivity contribution is 6.07. The van der Waals surface area contributed by atoms with Gasteiger partial charge >= 0.3 is 6.03 Å². The molecule has 3 rings (SSSR count). The summed E-state index contributed by atoms with van der Waals surface area (Å²) < 4.78 is 5.25. The average molecular weight is 254 g/mol. The molecule has 3 aliphatic rings. The zero-order valence-corrected chi connectivity index (χ0v) is 10.2. The lowest BCUT2D eigenvalue weighted by atomic mass is 9.90. The van der Waals surface area contributed by atoms with Gasteiger partial charge < -0.3 is 15.2 Å². The Hall–Kier alpha value is -1.14. The van der Waals surface area contributed by atoms with E-state index in [0.29, 0.717) is 38.9 Å². The van der Waals surface area contributed by atoms with Crippen molar-refractivity contribution in [1.29, 1.82) is 0 Å². The van der Waals surface area contributed by atoms with E-state index >= 15 is 0 Å². The fraction of sp³-hybridized carbons (Fsp3) is 0.833. The van der Waals surface area contributed by atoms with Crippen LogP contribution in [0.15, 0.2) is 0 Å². The van der Waals surface area contributed by atoms with Crippen LogP contribution in [0.2, 0.25) is 0 Å². The Bertz CT molecular complexity index is 378. The number of hydrogen-bond donors (Lipinski definition) is 2. The zero-order valence-electron chi connectivity index (χ0n) is 10.2. The minimum absolute atomic E-state index is 0.179. The van der Waals surface area contributed by atoms with Crippen molar-refractivity contribution in [3.63, 3.8) is 0 Å². The fourth-order valence-corrected chi connectivity index (χ4v) is 3.22. The van der Waals surface area contributed by atoms with Gasteiger partial charge in [0.25, 0.3) is 5.91 Å². The number of ether oxygens (including phenoxy) is 1. The molecule has 18 heavy (non-hydrogen) atoms. The summed E-state index contributed by atoms with van der Waals surface area (Å²) in [6.45, 7) is 0.986. The number of amides is 3. The van der Waals surface area contributed by atoms with E-state index in [1.807, 2.05) is 0 Å². The highest BCUT2D eigenvalue weighted by Gasteiger charge is 2.55. The smallest absolute Gasteiger partial charge is 0.325 e. The molecule has 6 nitrogen and oxygen atoms in total. The topological polar surface area (TPSA) is 78.9 Å². The van der Waals surface area contributed by atoms with E-state index in [2.05, 4.69) is 5.32 Å². The number of hydrogen-bond acceptors (Lipinski definition) is 4. The van der Waals surface area contributed by atoms with Gasteiger partial charge in [-0.2, -0.15) is 0 Å². The Morgan fingerprint density at radius 2 is 2.00 bits per heavy atom. The fourth-order valence-electron chi connectivity index (χ4n) is 3.22. The van der Waals surface area contributed by atoms with Crippen LogP contribution in [0.5, 0.6) is 0 Å². The second-order valence-corrected chi connectivity index (χ2v) is 5.37. The summed E-state index contributed by atoms with van der Waals surface area (Å²) >= 11 is 0. The van der Waals surface area contributed by atoms with Crippen molar-refractivity contribution >= 4 is 11.9 Å². The quantitative estimate of drug-likeness (QED) is 0.646. The predicted octanol–water partition coefficient (Wildman–Crippen LogP) is 0.000800. The number of urea groups is 1. The summed E-state index contributed by atoms with van der Waals surface area (Å²) in [6.07, 6.45) is 2.70. The molecule has 0 bridgehead atoms. The average Bonchev–Trinajstić information content (AvgIpc) is 2.85. The van der Waals surface area contributed by atoms with E-state index in [-0.39, 0.29) is 18.0 Å². The SMILES string of the molecule is O=C1NC2(CCOCC2)C(=O)N1[C@H]1CCC[C@@H]1O. The Labute approximate surface area is 105 Å². The largest absolute Gasteiger partial charge is 0.391 e. The van der Waals surface area contributed by atoms with Crippen LogP contribution in [-0.4, -0.2) is 52.8 Å². The van der Waals surface area contributed by atoms with E-state index in [9.17, 15) is 14.7 Å². The van der Waals surface area contributed by atoms with Gasteiger partial charge in [-0.3, -0.25) is 9.69 Å². The Balaban J connectivity index is 1.84. The van der Waals surface area contributed by atoms with Crippen molar-refractivity contribution < 1.29 is 19.4 Å². The van der Waals surface area contributed by atoms with Crippen LogP contribution in [-0.2, 0) is 9.53 Å². The van der Waals surface area contributed by atoms with E-state index in [1.54, 1.807) is 0 Å². The second kappa shape index (κ2) is 4.20. The molecule has 2 atom stereocenters. The molecule has 1 spiro atoms. The maximum atomic E-state index is 12.5. The van der Waals surface area contributed by atoms with Crippen LogP contribution in [0.1, 0.15) is 32.1 Å². The zero-order chi connectivity index (χ0) is 12.8. The van der Waals surface area contributed by atoms with E-state index in [0.717, 1.165) is 6.42 Å². The van der Waals surface area contributed by atoms with E-state index in [1.165, 1.54) is 4.90 Å². The number of aliphatic hydroxyl groups excluding tert-OH is 1. The predicted molar refractivity (Wildman–Crippen MR) is 61.8 cm³/mol. The van der Waals surface area contributed by atoms with Crippen LogP contribution in [0.4, 0.5) is 4.79 Å². The van der Waals surface area contributed by atoms with Crippen molar-refractivity contribution in [3.8, 4) is 0 Å². The standard InChI is InChI=1S/C12H18N2O4/c15-9-3-1-2-8(9)14-10(16)12(13-11(14)17)4-6-18-7-5-12/h8-9,15H,1-7H2,(H,13,17)/t8-,9-/m0/s1. The molecule has 6 heteroatoms. The van der Waals surface area contributed by atoms with Crippen molar-refractivity contribution in [2.75, 3.05) is 13.2 Å². The first-order chi connectivity index (χ1) is 8.64. The molecule has 2 saturated heterocycles. The second-order valence-electron chi connectivity index (χ2n) is 5.37. The lowest BCUT2D eigenvalue weighted by Crippen LogP contribution is -2.52.